The van der Waals surface area contributed by atoms with Crippen LogP contribution in [0.3, 0.4) is 0 Å². The Morgan fingerprint density at radius 1 is 1.53 bits per heavy atom. The number of hydrogen-bond donors (Lipinski definition) is 1. The molecule has 1 unspecified atom stereocenters. The van der Waals surface area contributed by atoms with Gasteiger partial charge in [-0.15, -0.1) is 0 Å². The van der Waals surface area contributed by atoms with Gasteiger partial charge in [-0.05, 0) is 24.7 Å². The zero-order valence-corrected chi connectivity index (χ0v) is 11.9. The Kier molecular flexibility index (Phi) is 4.60. The molecule has 0 bridgehead atoms. The van der Waals surface area contributed by atoms with E-state index < -0.39 is 0 Å². The SMILES string of the molecule is CNCc1ccc(Cl)cc1N1CCSC(C)C1. The number of benzene rings is 1. The maximum absolute atomic E-state index is 6.12. The Morgan fingerprint density at radius 3 is 3.06 bits per heavy atom. The van der Waals surface area contributed by atoms with Crippen LogP contribution in [0, 0.1) is 0 Å². The van der Waals surface area contributed by atoms with Crippen LogP contribution in [-0.2, 0) is 6.54 Å². The molecule has 94 valence electrons. The number of thioether (sulfide) groups is 1. The average molecular weight is 271 g/mol. The molecule has 0 radical (unpaired) electrons. The monoisotopic (exact) mass is 270 g/mol. The van der Waals surface area contributed by atoms with Gasteiger partial charge in [-0.25, -0.2) is 0 Å². The molecule has 1 fully saturated rings. The minimum atomic E-state index is 0.699. The maximum atomic E-state index is 6.12. The highest BCUT2D eigenvalue weighted by atomic mass is 35.5. The topological polar surface area (TPSA) is 15.3 Å². The van der Waals surface area contributed by atoms with Crippen molar-refractivity contribution in [3.63, 3.8) is 0 Å². The van der Waals surface area contributed by atoms with Crippen LogP contribution in [0.5, 0.6) is 0 Å². The van der Waals surface area contributed by atoms with Crippen LogP contribution in [0.4, 0.5) is 5.69 Å². The van der Waals surface area contributed by atoms with Gasteiger partial charge in [0.05, 0.1) is 0 Å². The van der Waals surface area contributed by atoms with Crippen molar-refractivity contribution in [2.24, 2.45) is 0 Å². The van der Waals surface area contributed by atoms with E-state index in [0.717, 1.165) is 24.7 Å². The molecule has 2 rings (SSSR count). The molecular weight excluding hydrogens is 252 g/mol. The first-order valence-corrected chi connectivity index (χ1v) is 7.43. The van der Waals surface area contributed by atoms with Gasteiger partial charge >= 0.3 is 0 Å². The Morgan fingerprint density at radius 2 is 2.35 bits per heavy atom. The van der Waals surface area contributed by atoms with Gasteiger partial charge in [0.15, 0.2) is 0 Å². The fourth-order valence-electron chi connectivity index (χ4n) is 2.21. The lowest BCUT2D eigenvalue weighted by atomic mass is 10.1. The summed E-state index contributed by atoms with van der Waals surface area (Å²) in [6.07, 6.45) is 0. The molecule has 0 saturated carbocycles. The van der Waals surface area contributed by atoms with Crippen molar-refractivity contribution < 1.29 is 0 Å². The Balaban J connectivity index is 2.25. The smallest absolute Gasteiger partial charge is 0.0427 e. The van der Waals surface area contributed by atoms with E-state index in [1.54, 1.807) is 0 Å². The van der Waals surface area contributed by atoms with Gasteiger partial charge < -0.3 is 10.2 Å². The van der Waals surface area contributed by atoms with Crippen LogP contribution >= 0.6 is 23.4 Å². The molecule has 1 aliphatic heterocycles. The molecule has 0 spiro atoms. The minimum Gasteiger partial charge on any atom is -0.369 e. The van der Waals surface area contributed by atoms with E-state index in [1.807, 2.05) is 24.9 Å². The second kappa shape index (κ2) is 5.98. The van der Waals surface area contributed by atoms with Crippen molar-refractivity contribution in [1.82, 2.24) is 5.32 Å². The van der Waals surface area contributed by atoms with E-state index in [2.05, 4.69) is 29.3 Å². The fourth-order valence-corrected chi connectivity index (χ4v) is 3.39. The molecule has 0 amide bonds. The van der Waals surface area contributed by atoms with E-state index in [4.69, 9.17) is 11.6 Å². The molecule has 1 atom stereocenters. The second-order valence-corrected chi connectivity index (χ2v) is 6.41. The highest BCUT2D eigenvalue weighted by Crippen LogP contribution is 2.29. The standard InChI is InChI=1S/C13H19ClN2S/c1-10-9-16(5-6-17-10)13-7-12(14)4-3-11(13)8-15-2/h3-4,7,10,15H,5-6,8-9H2,1-2H3. The van der Waals surface area contributed by atoms with E-state index in [9.17, 15) is 0 Å². The summed E-state index contributed by atoms with van der Waals surface area (Å²) in [7, 11) is 1.98. The van der Waals surface area contributed by atoms with Crippen LogP contribution in [0.15, 0.2) is 18.2 Å². The van der Waals surface area contributed by atoms with Crippen molar-refractivity contribution in [3.8, 4) is 0 Å². The van der Waals surface area contributed by atoms with Gasteiger partial charge in [-0.3, -0.25) is 0 Å². The van der Waals surface area contributed by atoms with E-state index in [1.165, 1.54) is 17.0 Å². The maximum Gasteiger partial charge on any atom is 0.0427 e. The van der Waals surface area contributed by atoms with Crippen LogP contribution in [0.2, 0.25) is 5.02 Å². The molecule has 4 heteroatoms. The van der Waals surface area contributed by atoms with E-state index >= 15 is 0 Å². The number of nitrogens with one attached hydrogen (secondary N) is 1. The van der Waals surface area contributed by atoms with Crippen LogP contribution in [0.1, 0.15) is 12.5 Å². The van der Waals surface area contributed by atoms with Gasteiger partial charge in [-0.1, -0.05) is 24.6 Å². The number of anilines is 1. The zero-order chi connectivity index (χ0) is 12.3. The summed E-state index contributed by atoms with van der Waals surface area (Å²) in [5.41, 5.74) is 2.62. The molecule has 1 aliphatic rings. The Labute approximate surface area is 113 Å². The summed E-state index contributed by atoms with van der Waals surface area (Å²) in [6, 6.07) is 6.19. The van der Waals surface area contributed by atoms with Gasteiger partial charge in [0.25, 0.3) is 0 Å². The summed E-state index contributed by atoms with van der Waals surface area (Å²) < 4.78 is 0. The van der Waals surface area contributed by atoms with Crippen molar-refractivity contribution in [1.29, 1.82) is 0 Å². The van der Waals surface area contributed by atoms with E-state index in [0.29, 0.717) is 5.25 Å². The van der Waals surface area contributed by atoms with Gasteiger partial charge in [0.2, 0.25) is 0 Å². The third-order valence-electron chi connectivity index (χ3n) is 3.00. The molecule has 1 heterocycles. The molecular formula is C13H19ClN2S. The molecule has 1 N–H and O–H groups in total. The first kappa shape index (κ1) is 13.1. The molecule has 1 saturated heterocycles. The molecule has 2 nitrogen and oxygen atoms in total. The van der Waals surface area contributed by atoms with Gasteiger partial charge in [0.1, 0.15) is 0 Å². The summed E-state index contributed by atoms with van der Waals surface area (Å²) in [6.45, 7) is 5.41. The first-order valence-electron chi connectivity index (χ1n) is 6.00. The summed E-state index contributed by atoms with van der Waals surface area (Å²) in [4.78, 5) is 2.46. The number of rotatable bonds is 3. The van der Waals surface area contributed by atoms with E-state index in [-0.39, 0.29) is 0 Å². The third-order valence-corrected chi connectivity index (χ3v) is 4.37. The van der Waals surface area contributed by atoms with Gasteiger partial charge in [-0.2, -0.15) is 11.8 Å². The molecule has 17 heavy (non-hydrogen) atoms. The third kappa shape index (κ3) is 3.30. The Hall–Kier alpha value is -0.380. The Bertz CT molecular complexity index is 384. The van der Waals surface area contributed by atoms with Crippen molar-refractivity contribution in [3.05, 3.63) is 28.8 Å². The highest BCUT2D eigenvalue weighted by Gasteiger charge is 2.19. The molecule has 1 aromatic rings. The number of hydrogen-bond acceptors (Lipinski definition) is 3. The predicted molar refractivity (Wildman–Crippen MR) is 78.3 cm³/mol. The molecule has 1 aromatic carbocycles. The van der Waals surface area contributed by atoms with Gasteiger partial charge in [0, 0.05) is 41.3 Å². The average Bonchev–Trinajstić information content (AvgIpc) is 2.32. The highest BCUT2D eigenvalue weighted by molar-refractivity contribution is 8.00. The zero-order valence-electron chi connectivity index (χ0n) is 10.4. The second-order valence-electron chi connectivity index (χ2n) is 4.43. The largest absolute Gasteiger partial charge is 0.369 e. The van der Waals surface area contributed by atoms with Crippen LogP contribution < -0.4 is 10.2 Å². The number of halogens is 1. The van der Waals surface area contributed by atoms with Crippen LogP contribution in [-0.4, -0.2) is 31.1 Å². The summed E-state index contributed by atoms with van der Waals surface area (Å²) in [5.74, 6) is 1.20. The van der Waals surface area contributed by atoms with Crippen molar-refractivity contribution in [2.45, 2.75) is 18.7 Å². The lowest BCUT2D eigenvalue weighted by Crippen LogP contribution is -2.37. The lowest BCUT2D eigenvalue weighted by Gasteiger charge is -2.34. The quantitative estimate of drug-likeness (QED) is 0.909. The summed E-state index contributed by atoms with van der Waals surface area (Å²) >= 11 is 8.17. The van der Waals surface area contributed by atoms with Crippen molar-refractivity contribution in [2.75, 3.05) is 30.8 Å². The minimum absolute atomic E-state index is 0.699. The van der Waals surface area contributed by atoms with Crippen molar-refractivity contribution >= 4 is 29.1 Å². The normalized spacial score (nSPS) is 20.6. The number of nitrogens with zero attached hydrogens (tertiary/aromatic N) is 1. The molecule has 0 aromatic heterocycles. The molecule has 0 aliphatic carbocycles. The lowest BCUT2D eigenvalue weighted by molar-refractivity contribution is 0.761. The first-order chi connectivity index (χ1) is 8.20. The summed E-state index contributed by atoms with van der Waals surface area (Å²) in [5, 5.41) is 4.74. The fraction of sp³-hybridized carbons (Fsp3) is 0.538. The predicted octanol–water partition coefficient (Wildman–Crippen LogP) is 3.00. The van der Waals surface area contributed by atoms with Crippen LogP contribution in [0.25, 0.3) is 0 Å².